The Balaban J connectivity index is 2.13. The fourth-order valence-electron chi connectivity index (χ4n) is 3.02. The van der Waals surface area contributed by atoms with Crippen LogP contribution in [0.4, 0.5) is 0 Å². The molecule has 1 aromatic heterocycles. The van der Waals surface area contributed by atoms with E-state index < -0.39 is 0 Å². The van der Waals surface area contributed by atoms with Crippen LogP contribution in [0.15, 0.2) is 16.8 Å². The second-order valence-electron chi connectivity index (χ2n) is 5.99. The normalized spacial score (nSPS) is 22.5. The van der Waals surface area contributed by atoms with E-state index in [1.807, 2.05) is 0 Å². The Hall–Kier alpha value is -0.870. The fraction of sp³-hybridized carbons (Fsp3) is 0.706. The van der Waals surface area contributed by atoms with Crippen LogP contribution in [0, 0.1) is 5.92 Å². The van der Waals surface area contributed by atoms with Crippen molar-refractivity contribution in [2.75, 3.05) is 6.54 Å². The van der Waals surface area contributed by atoms with Gasteiger partial charge in [-0.1, -0.05) is 46.5 Å². The van der Waals surface area contributed by atoms with Crippen LogP contribution in [0.3, 0.4) is 0 Å². The molecule has 1 aliphatic rings. The molecule has 1 fully saturated rings. The van der Waals surface area contributed by atoms with Crippen molar-refractivity contribution < 1.29 is 4.79 Å². The molecule has 1 saturated heterocycles. The maximum Gasteiger partial charge on any atom is 0.241 e. The summed E-state index contributed by atoms with van der Waals surface area (Å²) < 4.78 is 0. The van der Waals surface area contributed by atoms with E-state index in [9.17, 15) is 4.79 Å². The SMILES string of the molecule is CCCCC1NC(c2ccsc2)N(CC(CC)CC)C1=O. The van der Waals surface area contributed by atoms with Gasteiger partial charge in [-0.2, -0.15) is 11.3 Å². The Morgan fingerprint density at radius 2 is 2.10 bits per heavy atom. The second kappa shape index (κ2) is 7.95. The molecule has 2 unspecified atom stereocenters. The molecule has 4 heteroatoms. The largest absolute Gasteiger partial charge is 0.321 e. The average Bonchev–Trinajstić information content (AvgIpc) is 3.12. The Kier molecular flexibility index (Phi) is 6.24. The van der Waals surface area contributed by atoms with Crippen LogP contribution in [0.5, 0.6) is 0 Å². The van der Waals surface area contributed by atoms with Crippen molar-refractivity contribution in [3.05, 3.63) is 22.4 Å². The van der Waals surface area contributed by atoms with Crippen LogP contribution in [0.2, 0.25) is 0 Å². The highest BCUT2D eigenvalue weighted by atomic mass is 32.1. The van der Waals surface area contributed by atoms with Crippen molar-refractivity contribution >= 4 is 17.2 Å². The lowest BCUT2D eigenvalue weighted by Gasteiger charge is -2.27. The molecule has 0 saturated carbocycles. The summed E-state index contributed by atoms with van der Waals surface area (Å²) in [5, 5.41) is 7.82. The van der Waals surface area contributed by atoms with Crippen LogP contribution in [0.25, 0.3) is 0 Å². The molecule has 118 valence electrons. The van der Waals surface area contributed by atoms with Gasteiger partial charge in [0, 0.05) is 6.54 Å². The molecule has 1 N–H and O–H groups in total. The van der Waals surface area contributed by atoms with E-state index >= 15 is 0 Å². The van der Waals surface area contributed by atoms with Crippen molar-refractivity contribution in [1.29, 1.82) is 0 Å². The molecule has 0 bridgehead atoms. The first-order valence-electron chi connectivity index (χ1n) is 8.29. The van der Waals surface area contributed by atoms with Gasteiger partial charge in [0.1, 0.15) is 6.17 Å². The molecule has 2 atom stereocenters. The van der Waals surface area contributed by atoms with Crippen LogP contribution in [-0.4, -0.2) is 23.4 Å². The Bertz CT molecular complexity index is 428. The van der Waals surface area contributed by atoms with Gasteiger partial charge in [-0.15, -0.1) is 0 Å². The summed E-state index contributed by atoms with van der Waals surface area (Å²) in [5.74, 6) is 0.897. The molecule has 0 aromatic carbocycles. The third kappa shape index (κ3) is 3.86. The number of nitrogens with one attached hydrogen (secondary N) is 1. The molecule has 0 spiro atoms. The zero-order chi connectivity index (χ0) is 15.2. The molecule has 21 heavy (non-hydrogen) atoms. The van der Waals surface area contributed by atoms with Crippen molar-refractivity contribution in [2.24, 2.45) is 5.92 Å². The minimum atomic E-state index is 0.00390. The summed E-state index contributed by atoms with van der Waals surface area (Å²) in [7, 11) is 0. The standard InChI is InChI=1S/C17H28N2OS/c1-4-7-8-15-17(20)19(11-13(5-2)6-3)16(18-15)14-9-10-21-12-14/h9-10,12-13,15-16,18H,4-8,11H2,1-3H3. The fourth-order valence-corrected chi connectivity index (χ4v) is 3.70. The van der Waals surface area contributed by atoms with Gasteiger partial charge < -0.3 is 4.90 Å². The van der Waals surface area contributed by atoms with E-state index in [-0.39, 0.29) is 12.2 Å². The van der Waals surface area contributed by atoms with Gasteiger partial charge in [0.15, 0.2) is 0 Å². The molecule has 2 rings (SSSR count). The first-order valence-corrected chi connectivity index (χ1v) is 9.24. The number of nitrogens with zero attached hydrogens (tertiary/aromatic N) is 1. The number of carbonyl (C=O) groups excluding carboxylic acids is 1. The van der Waals surface area contributed by atoms with Crippen molar-refractivity contribution in [1.82, 2.24) is 10.2 Å². The van der Waals surface area contributed by atoms with E-state index in [1.165, 1.54) is 5.56 Å². The maximum absolute atomic E-state index is 12.8. The van der Waals surface area contributed by atoms with E-state index in [2.05, 4.69) is 47.8 Å². The molecule has 0 radical (unpaired) electrons. The lowest BCUT2D eigenvalue weighted by molar-refractivity contribution is -0.130. The molecule has 1 amide bonds. The number of hydrogen-bond donors (Lipinski definition) is 1. The summed E-state index contributed by atoms with van der Waals surface area (Å²) in [4.78, 5) is 14.8. The first kappa shape index (κ1) is 16.5. The Labute approximate surface area is 132 Å². The summed E-state index contributed by atoms with van der Waals surface area (Å²) in [5.41, 5.74) is 1.23. The molecule has 2 heterocycles. The summed E-state index contributed by atoms with van der Waals surface area (Å²) in [6, 6.07) is 2.14. The van der Waals surface area contributed by atoms with Gasteiger partial charge in [0.25, 0.3) is 0 Å². The number of thiophene rings is 1. The minimum absolute atomic E-state index is 0.00390. The Morgan fingerprint density at radius 1 is 1.33 bits per heavy atom. The predicted molar refractivity (Wildman–Crippen MR) is 89.3 cm³/mol. The molecular formula is C17H28N2OS. The van der Waals surface area contributed by atoms with Gasteiger partial charge >= 0.3 is 0 Å². The first-order chi connectivity index (χ1) is 10.2. The van der Waals surface area contributed by atoms with E-state index in [0.717, 1.165) is 38.6 Å². The summed E-state index contributed by atoms with van der Waals surface area (Å²) in [6.07, 6.45) is 5.55. The van der Waals surface area contributed by atoms with Gasteiger partial charge in [-0.25, -0.2) is 0 Å². The molecular weight excluding hydrogens is 280 g/mol. The second-order valence-corrected chi connectivity index (χ2v) is 6.77. The van der Waals surface area contributed by atoms with Crippen molar-refractivity contribution in [3.63, 3.8) is 0 Å². The lowest BCUT2D eigenvalue weighted by atomic mass is 10.0. The van der Waals surface area contributed by atoms with Crippen LogP contribution in [-0.2, 0) is 4.79 Å². The monoisotopic (exact) mass is 308 g/mol. The zero-order valence-corrected chi connectivity index (χ0v) is 14.3. The van der Waals surface area contributed by atoms with Gasteiger partial charge in [0.2, 0.25) is 5.91 Å². The van der Waals surface area contributed by atoms with E-state index in [1.54, 1.807) is 11.3 Å². The minimum Gasteiger partial charge on any atom is -0.321 e. The van der Waals surface area contributed by atoms with E-state index in [4.69, 9.17) is 0 Å². The van der Waals surface area contributed by atoms with Crippen molar-refractivity contribution in [2.45, 2.75) is 65.1 Å². The number of carbonyl (C=O) groups is 1. The summed E-state index contributed by atoms with van der Waals surface area (Å²) in [6.45, 7) is 7.49. The molecule has 1 aromatic rings. The molecule has 3 nitrogen and oxygen atoms in total. The van der Waals surface area contributed by atoms with Gasteiger partial charge in [0.05, 0.1) is 6.04 Å². The van der Waals surface area contributed by atoms with E-state index in [0.29, 0.717) is 11.8 Å². The van der Waals surface area contributed by atoms with Crippen LogP contribution < -0.4 is 5.32 Å². The Morgan fingerprint density at radius 3 is 2.67 bits per heavy atom. The third-order valence-corrected chi connectivity index (χ3v) is 5.27. The number of rotatable bonds is 8. The van der Waals surface area contributed by atoms with Crippen molar-refractivity contribution in [3.8, 4) is 0 Å². The molecule has 0 aliphatic carbocycles. The third-order valence-electron chi connectivity index (χ3n) is 4.57. The number of hydrogen-bond acceptors (Lipinski definition) is 3. The highest BCUT2D eigenvalue weighted by Crippen LogP contribution is 2.30. The predicted octanol–water partition coefficient (Wildman–Crippen LogP) is 4.17. The zero-order valence-electron chi connectivity index (χ0n) is 13.5. The van der Waals surface area contributed by atoms with Gasteiger partial charge in [-0.3, -0.25) is 10.1 Å². The smallest absolute Gasteiger partial charge is 0.241 e. The van der Waals surface area contributed by atoms with Gasteiger partial charge in [-0.05, 0) is 34.7 Å². The lowest BCUT2D eigenvalue weighted by Crippen LogP contribution is -2.35. The highest BCUT2D eigenvalue weighted by molar-refractivity contribution is 7.07. The summed E-state index contributed by atoms with van der Waals surface area (Å²) >= 11 is 1.70. The quantitative estimate of drug-likeness (QED) is 0.781. The maximum atomic E-state index is 12.8. The van der Waals surface area contributed by atoms with Crippen LogP contribution in [0.1, 0.15) is 64.6 Å². The highest BCUT2D eigenvalue weighted by Gasteiger charge is 2.39. The molecule has 1 aliphatic heterocycles. The topological polar surface area (TPSA) is 32.3 Å². The number of amides is 1. The number of unbranched alkanes of at least 4 members (excludes halogenated alkanes) is 1. The van der Waals surface area contributed by atoms with Crippen LogP contribution >= 0.6 is 11.3 Å². The average molecular weight is 308 g/mol.